The van der Waals surface area contributed by atoms with Gasteiger partial charge in [-0.1, -0.05) is 0 Å². The molecule has 134 valence electrons. The van der Waals surface area contributed by atoms with Crippen LogP contribution >= 0.6 is 0 Å². The van der Waals surface area contributed by atoms with Crippen LogP contribution in [0.4, 0.5) is 0 Å². The van der Waals surface area contributed by atoms with Crippen molar-refractivity contribution in [2.45, 2.75) is 39.8 Å². The number of nitrogens with zero attached hydrogens (tertiary/aromatic N) is 5. The lowest BCUT2D eigenvalue weighted by Crippen LogP contribution is -2.48. The van der Waals surface area contributed by atoms with Crippen molar-refractivity contribution < 1.29 is 4.79 Å². The van der Waals surface area contributed by atoms with E-state index in [0.29, 0.717) is 0 Å². The van der Waals surface area contributed by atoms with Gasteiger partial charge in [0.15, 0.2) is 0 Å². The number of hydrogen-bond donors (Lipinski definition) is 0. The Morgan fingerprint density at radius 3 is 2.32 bits per heavy atom. The van der Waals surface area contributed by atoms with Crippen molar-refractivity contribution in [2.24, 2.45) is 0 Å². The highest BCUT2D eigenvalue weighted by atomic mass is 16.2. The van der Waals surface area contributed by atoms with Crippen molar-refractivity contribution in [3.05, 3.63) is 47.5 Å². The third-order valence-electron chi connectivity index (χ3n) is 4.69. The molecule has 3 heterocycles. The highest BCUT2D eigenvalue weighted by molar-refractivity contribution is 5.95. The largest absolute Gasteiger partial charge is 0.336 e. The number of hydrogen-bond acceptors (Lipinski definition) is 4. The van der Waals surface area contributed by atoms with Crippen LogP contribution < -0.4 is 0 Å². The van der Waals surface area contributed by atoms with Gasteiger partial charge in [-0.2, -0.15) is 5.10 Å². The predicted octanol–water partition coefficient (Wildman–Crippen LogP) is 2.30. The Hall–Kier alpha value is -2.21. The molecule has 1 aliphatic heterocycles. The Morgan fingerprint density at radius 1 is 1.12 bits per heavy atom. The summed E-state index contributed by atoms with van der Waals surface area (Å²) in [5, 5.41) is 4.43. The van der Waals surface area contributed by atoms with Gasteiger partial charge in [-0.15, -0.1) is 0 Å². The molecule has 0 radical (unpaired) electrons. The Labute approximate surface area is 149 Å². The second-order valence-electron chi connectivity index (χ2n) is 7.65. The highest BCUT2D eigenvalue weighted by Gasteiger charge is 2.27. The maximum absolute atomic E-state index is 12.9. The van der Waals surface area contributed by atoms with Crippen molar-refractivity contribution in [1.29, 1.82) is 0 Å². The standard InChI is InChI=1S/C19H27N5O/c1-15-17(13-21-24(15)19(2,3)4)18(25)23-11-9-22(10-12-23)14-16-5-7-20-8-6-16/h5-8,13H,9-12,14H2,1-4H3. The SMILES string of the molecule is Cc1c(C(=O)N2CCN(Cc3ccncc3)CC2)cnn1C(C)(C)C. The summed E-state index contributed by atoms with van der Waals surface area (Å²) in [5.74, 6) is 0.0940. The monoisotopic (exact) mass is 341 g/mol. The normalized spacial score (nSPS) is 16.2. The molecule has 1 saturated heterocycles. The van der Waals surface area contributed by atoms with Crippen molar-refractivity contribution in [2.75, 3.05) is 26.2 Å². The summed E-state index contributed by atoms with van der Waals surface area (Å²) in [7, 11) is 0. The Bertz CT molecular complexity index is 724. The molecule has 0 atom stereocenters. The fourth-order valence-electron chi connectivity index (χ4n) is 3.32. The van der Waals surface area contributed by atoms with Crippen molar-refractivity contribution in [1.82, 2.24) is 24.6 Å². The minimum atomic E-state index is -0.119. The Kier molecular flexibility index (Phi) is 4.90. The molecular weight excluding hydrogens is 314 g/mol. The van der Waals surface area contributed by atoms with Gasteiger partial charge in [-0.25, -0.2) is 0 Å². The van der Waals surface area contributed by atoms with Crippen LogP contribution in [0.5, 0.6) is 0 Å². The first kappa shape index (κ1) is 17.6. The number of pyridine rings is 1. The summed E-state index contributed by atoms with van der Waals surface area (Å²) in [6.45, 7) is 12.5. The molecule has 3 rings (SSSR count). The van der Waals surface area contributed by atoms with E-state index in [1.807, 2.05) is 41.0 Å². The van der Waals surface area contributed by atoms with E-state index in [-0.39, 0.29) is 11.4 Å². The molecule has 1 fully saturated rings. The fourth-order valence-corrected chi connectivity index (χ4v) is 3.32. The van der Waals surface area contributed by atoms with Gasteiger partial charge in [0.05, 0.1) is 17.3 Å². The molecule has 2 aromatic heterocycles. The molecule has 0 saturated carbocycles. The summed E-state index contributed by atoms with van der Waals surface area (Å²) < 4.78 is 1.93. The summed E-state index contributed by atoms with van der Waals surface area (Å²) in [6.07, 6.45) is 5.36. The van der Waals surface area contributed by atoms with Crippen LogP contribution in [0.15, 0.2) is 30.7 Å². The smallest absolute Gasteiger partial charge is 0.257 e. The minimum absolute atomic E-state index is 0.0940. The number of piperazine rings is 1. The minimum Gasteiger partial charge on any atom is -0.336 e. The number of rotatable bonds is 3. The van der Waals surface area contributed by atoms with Gasteiger partial charge in [0, 0.05) is 50.8 Å². The third kappa shape index (κ3) is 3.90. The van der Waals surface area contributed by atoms with E-state index >= 15 is 0 Å². The molecule has 6 nitrogen and oxygen atoms in total. The molecule has 0 aromatic carbocycles. The van der Waals surface area contributed by atoms with Crippen LogP contribution in [0.25, 0.3) is 0 Å². The van der Waals surface area contributed by atoms with E-state index in [4.69, 9.17) is 0 Å². The van der Waals surface area contributed by atoms with Crippen molar-refractivity contribution >= 4 is 5.91 Å². The molecule has 1 aliphatic rings. The highest BCUT2D eigenvalue weighted by Crippen LogP contribution is 2.20. The first-order valence-corrected chi connectivity index (χ1v) is 8.82. The summed E-state index contributed by atoms with van der Waals surface area (Å²) in [5.41, 5.74) is 2.80. The van der Waals surface area contributed by atoms with Gasteiger partial charge in [0.2, 0.25) is 0 Å². The molecular formula is C19H27N5O. The van der Waals surface area contributed by atoms with Crippen LogP contribution in [0, 0.1) is 6.92 Å². The maximum Gasteiger partial charge on any atom is 0.257 e. The van der Waals surface area contributed by atoms with Crippen LogP contribution in [0.1, 0.15) is 42.4 Å². The summed E-state index contributed by atoms with van der Waals surface area (Å²) in [4.78, 5) is 21.3. The van der Waals surface area contributed by atoms with Gasteiger partial charge in [-0.3, -0.25) is 19.4 Å². The van der Waals surface area contributed by atoms with Gasteiger partial charge in [0.1, 0.15) is 0 Å². The number of aromatic nitrogens is 3. The summed E-state index contributed by atoms with van der Waals surface area (Å²) in [6, 6.07) is 4.09. The van der Waals surface area contributed by atoms with Crippen LogP contribution in [-0.2, 0) is 12.1 Å². The van der Waals surface area contributed by atoms with E-state index in [0.717, 1.165) is 44.0 Å². The van der Waals surface area contributed by atoms with E-state index < -0.39 is 0 Å². The number of carbonyl (C=O) groups is 1. The summed E-state index contributed by atoms with van der Waals surface area (Å²) >= 11 is 0. The van der Waals surface area contributed by atoms with Gasteiger partial charge in [0.25, 0.3) is 5.91 Å². The lowest BCUT2D eigenvalue weighted by atomic mass is 10.1. The number of amides is 1. The fraction of sp³-hybridized carbons (Fsp3) is 0.526. The second kappa shape index (κ2) is 6.96. The molecule has 1 amide bonds. The molecule has 0 aliphatic carbocycles. The van der Waals surface area contributed by atoms with Crippen LogP contribution in [0.3, 0.4) is 0 Å². The molecule has 0 spiro atoms. The molecule has 0 N–H and O–H groups in total. The lowest BCUT2D eigenvalue weighted by molar-refractivity contribution is 0.0627. The van der Waals surface area contributed by atoms with Gasteiger partial charge < -0.3 is 4.90 Å². The average Bonchev–Trinajstić information content (AvgIpc) is 2.98. The Balaban J connectivity index is 1.61. The third-order valence-corrected chi connectivity index (χ3v) is 4.69. The van der Waals surface area contributed by atoms with E-state index in [2.05, 4.69) is 35.8 Å². The van der Waals surface area contributed by atoms with Gasteiger partial charge >= 0.3 is 0 Å². The number of carbonyl (C=O) groups excluding carboxylic acids is 1. The molecule has 6 heteroatoms. The zero-order chi connectivity index (χ0) is 18.0. The predicted molar refractivity (Wildman–Crippen MR) is 97.4 cm³/mol. The second-order valence-corrected chi connectivity index (χ2v) is 7.65. The van der Waals surface area contributed by atoms with E-state index in [1.165, 1.54) is 5.56 Å². The first-order valence-electron chi connectivity index (χ1n) is 8.82. The lowest BCUT2D eigenvalue weighted by Gasteiger charge is -2.34. The van der Waals surface area contributed by atoms with E-state index in [9.17, 15) is 4.79 Å². The van der Waals surface area contributed by atoms with Crippen molar-refractivity contribution in [3.63, 3.8) is 0 Å². The molecule has 2 aromatic rings. The average molecular weight is 341 g/mol. The molecule has 0 unspecified atom stereocenters. The molecule has 25 heavy (non-hydrogen) atoms. The maximum atomic E-state index is 12.9. The Morgan fingerprint density at radius 2 is 1.76 bits per heavy atom. The zero-order valence-corrected chi connectivity index (χ0v) is 15.6. The van der Waals surface area contributed by atoms with Gasteiger partial charge in [-0.05, 0) is 45.4 Å². The first-order chi connectivity index (χ1) is 11.9. The zero-order valence-electron chi connectivity index (χ0n) is 15.6. The van der Waals surface area contributed by atoms with Crippen LogP contribution in [-0.4, -0.2) is 56.7 Å². The topological polar surface area (TPSA) is 54.3 Å². The van der Waals surface area contributed by atoms with Crippen LogP contribution in [0.2, 0.25) is 0 Å². The van der Waals surface area contributed by atoms with E-state index in [1.54, 1.807) is 6.20 Å². The quantitative estimate of drug-likeness (QED) is 0.860. The molecule has 0 bridgehead atoms. The van der Waals surface area contributed by atoms with Crippen molar-refractivity contribution in [3.8, 4) is 0 Å².